The van der Waals surface area contributed by atoms with Gasteiger partial charge in [0.25, 0.3) is 0 Å². The van der Waals surface area contributed by atoms with Crippen LogP contribution in [0.25, 0.3) is 10.9 Å². The number of anilines is 1. The molecule has 3 heteroatoms. The molecule has 0 aliphatic heterocycles. The van der Waals surface area contributed by atoms with Crippen molar-refractivity contribution in [3.63, 3.8) is 0 Å². The van der Waals surface area contributed by atoms with Gasteiger partial charge in [-0.1, -0.05) is 12.1 Å². The van der Waals surface area contributed by atoms with Crippen molar-refractivity contribution in [2.75, 3.05) is 5.73 Å². The van der Waals surface area contributed by atoms with Crippen molar-refractivity contribution in [2.24, 2.45) is 0 Å². The van der Waals surface area contributed by atoms with Crippen molar-refractivity contribution < 1.29 is 0 Å². The summed E-state index contributed by atoms with van der Waals surface area (Å²) < 4.78 is 0.851. The maximum absolute atomic E-state index is 5.88. The van der Waals surface area contributed by atoms with Gasteiger partial charge in [0.1, 0.15) is 0 Å². The highest BCUT2D eigenvalue weighted by atomic mass is 79.9. The maximum atomic E-state index is 5.88. The van der Waals surface area contributed by atoms with Crippen LogP contribution in [-0.2, 0) is 0 Å². The van der Waals surface area contributed by atoms with Gasteiger partial charge in [0.15, 0.2) is 0 Å². The lowest BCUT2D eigenvalue weighted by molar-refractivity contribution is 1.37. The fourth-order valence-electron chi connectivity index (χ4n) is 1.30. The van der Waals surface area contributed by atoms with Gasteiger partial charge in [-0.2, -0.15) is 0 Å². The van der Waals surface area contributed by atoms with Gasteiger partial charge < -0.3 is 5.73 Å². The van der Waals surface area contributed by atoms with Crippen molar-refractivity contribution in [3.8, 4) is 0 Å². The van der Waals surface area contributed by atoms with Crippen molar-refractivity contribution in [1.82, 2.24) is 4.98 Å². The third-order valence-electron chi connectivity index (χ3n) is 2.02. The fourth-order valence-corrected chi connectivity index (χ4v) is 1.62. The van der Waals surface area contributed by atoms with Crippen LogP contribution in [0.3, 0.4) is 0 Å². The van der Waals surface area contributed by atoms with Crippen molar-refractivity contribution in [1.29, 1.82) is 0 Å². The van der Waals surface area contributed by atoms with Gasteiger partial charge in [-0.15, -0.1) is 0 Å². The van der Waals surface area contributed by atoms with Crippen LogP contribution in [-0.4, -0.2) is 4.98 Å². The summed E-state index contributed by atoms with van der Waals surface area (Å²) in [5.74, 6) is 0. The number of rotatable bonds is 0. The normalized spacial score (nSPS) is 10.6. The number of hydrogen-bond donors (Lipinski definition) is 1. The van der Waals surface area contributed by atoms with Gasteiger partial charge in [0.05, 0.1) is 15.7 Å². The molecule has 2 rings (SSSR count). The first-order valence-corrected chi connectivity index (χ1v) is 4.78. The first-order valence-electron chi connectivity index (χ1n) is 3.99. The van der Waals surface area contributed by atoms with Crippen LogP contribution in [0.1, 0.15) is 5.56 Å². The van der Waals surface area contributed by atoms with Gasteiger partial charge in [-0.3, -0.25) is 4.98 Å². The second-order valence-electron chi connectivity index (χ2n) is 3.04. The number of pyridine rings is 1. The summed E-state index contributed by atoms with van der Waals surface area (Å²) >= 11 is 3.35. The molecule has 0 saturated heterocycles. The molecule has 0 spiro atoms. The second kappa shape index (κ2) is 3.00. The van der Waals surface area contributed by atoms with E-state index in [1.807, 2.05) is 25.1 Å². The number of aryl methyl sites for hydroxylation is 1. The molecule has 0 amide bonds. The van der Waals surface area contributed by atoms with E-state index in [2.05, 4.69) is 20.9 Å². The summed E-state index contributed by atoms with van der Waals surface area (Å²) in [5.41, 5.74) is 8.78. The SMILES string of the molecule is Cc1ccc2c(N)c(Br)cnc2c1. The number of halogens is 1. The van der Waals surface area contributed by atoms with E-state index in [4.69, 9.17) is 5.73 Å². The predicted molar refractivity (Wildman–Crippen MR) is 58.6 cm³/mol. The van der Waals surface area contributed by atoms with Crippen molar-refractivity contribution in [2.45, 2.75) is 6.92 Å². The Morgan fingerprint density at radius 2 is 2.15 bits per heavy atom. The first kappa shape index (κ1) is 8.51. The predicted octanol–water partition coefficient (Wildman–Crippen LogP) is 2.89. The van der Waals surface area contributed by atoms with Gasteiger partial charge in [-0.05, 0) is 34.5 Å². The topological polar surface area (TPSA) is 38.9 Å². The lowest BCUT2D eigenvalue weighted by atomic mass is 10.1. The average molecular weight is 237 g/mol. The van der Waals surface area contributed by atoms with Gasteiger partial charge in [0.2, 0.25) is 0 Å². The summed E-state index contributed by atoms with van der Waals surface area (Å²) in [6.45, 7) is 2.04. The number of fused-ring (bicyclic) bond motifs is 1. The van der Waals surface area contributed by atoms with Gasteiger partial charge in [-0.25, -0.2) is 0 Å². The Hall–Kier alpha value is -1.09. The lowest BCUT2D eigenvalue weighted by Crippen LogP contribution is -1.91. The first-order chi connectivity index (χ1) is 6.18. The Morgan fingerprint density at radius 3 is 2.92 bits per heavy atom. The molecule has 2 aromatic rings. The molecule has 0 fully saturated rings. The zero-order chi connectivity index (χ0) is 9.42. The van der Waals surface area contributed by atoms with Crippen LogP contribution < -0.4 is 5.73 Å². The highest BCUT2D eigenvalue weighted by Gasteiger charge is 2.02. The molecule has 0 atom stereocenters. The van der Waals surface area contributed by atoms with Crippen LogP contribution in [0, 0.1) is 6.92 Å². The van der Waals surface area contributed by atoms with Gasteiger partial charge >= 0.3 is 0 Å². The van der Waals surface area contributed by atoms with E-state index in [0.29, 0.717) is 0 Å². The van der Waals surface area contributed by atoms with Crippen LogP contribution >= 0.6 is 15.9 Å². The van der Waals surface area contributed by atoms with E-state index in [1.165, 1.54) is 5.56 Å². The molecule has 1 heterocycles. The molecule has 0 saturated carbocycles. The molecule has 2 N–H and O–H groups in total. The van der Waals surface area contributed by atoms with E-state index in [0.717, 1.165) is 21.1 Å². The van der Waals surface area contributed by atoms with E-state index in [9.17, 15) is 0 Å². The summed E-state index contributed by atoms with van der Waals surface area (Å²) in [6.07, 6.45) is 1.73. The minimum atomic E-state index is 0.755. The zero-order valence-corrected chi connectivity index (χ0v) is 8.80. The Bertz CT molecular complexity index is 466. The van der Waals surface area contributed by atoms with Crippen LogP contribution in [0.4, 0.5) is 5.69 Å². The maximum Gasteiger partial charge on any atom is 0.0726 e. The Balaban J connectivity index is 2.87. The molecule has 13 heavy (non-hydrogen) atoms. The summed E-state index contributed by atoms with van der Waals surface area (Å²) in [6, 6.07) is 6.06. The molecule has 66 valence electrons. The Morgan fingerprint density at radius 1 is 1.38 bits per heavy atom. The lowest BCUT2D eigenvalue weighted by Gasteiger charge is -2.03. The van der Waals surface area contributed by atoms with E-state index in [1.54, 1.807) is 6.20 Å². The number of nitrogens with zero attached hydrogens (tertiary/aromatic N) is 1. The van der Waals surface area contributed by atoms with E-state index in [-0.39, 0.29) is 0 Å². The molecule has 1 aromatic carbocycles. The van der Waals surface area contributed by atoms with Gasteiger partial charge in [0, 0.05) is 11.6 Å². The third kappa shape index (κ3) is 1.40. The summed E-state index contributed by atoms with van der Waals surface area (Å²) in [7, 11) is 0. The second-order valence-corrected chi connectivity index (χ2v) is 3.89. The average Bonchev–Trinajstić information content (AvgIpc) is 2.12. The van der Waals surface area contributed by atoms with Crippen LogP contribution in [0.2, 0.25) is 0 Å². The number of benzene rings is 1. The minimum Gasteiger partial charge on any atom is -0.397 e. The largest absolute Gasteiger partial charge is 0.397 e. The highest BCUT2D eigenvalue weighted by molar-refractivity contribution is 9.10. The van der Waals surface area contributed by atoms with Crippen molar-refractivity contribution in [3.05, 3.63) is 34.4 Å². The van der Waals surface area contributed by atoms with E-state index < -0.39 is 0 Å². The molecule has 0 bridgehead atoms. The molecular formula is C10H9BrN2. The molecule has 0 radical (unpaired) electrons. The molecule has 0 aliphatic rings. The quantitative estimate of drug-likeness (QED) is 0.765. The van der Waals surface area contributed by atoms with Crippen molar-refractivity contribution >= 4 is 32.5 Å². The summed E-state index contributed by atoms with van der Waals surface area (Å²) in [5, 5.41) is 1.000. The summed E-state index contributed by atoms with van der Waals surface area (Å²) in [4.78, 5) is 4.28. The number of nitrogen functional groups attached to an aromatic ring is 1. The molecule has 2 nitrogen and oxygen atoms in total. The fraction of sp³-hybridized carbons (Fsp3) is 0.100. The zero-order valence-electron chi connectivity index (χ0n) is 7.21. The molecule has 1 aromatic heterocycles. The molecule has 0 aliphatic carbocycles. The Kier molecular flexibility index (Phi) is 1.96. The van der Waals surface area contributed by atoms with Crippen LogP contribution in [0.15, 0.2) is 28.9 Å². The standard InChI is InChI=1S/C10H9BrN2/c1-6-2-3-7-9(4-6)13-5-8(11)10(7)12/h2-5H,1H3,(H2,12,13). The molecular weight excluding hydrogens is 228 g/mol. The highest BCUT2D eigenvalue weighted by Crippen LogP contribution is 2.27. The minimum absolute atomic E-state index is 0.755. The smallest absolute Gasteiger partial charge is 0.0726 e. The number of nitrogens with two attached hydrogens (primary N) is 1. The number of aromatic nitrogens is 1. The van der Waals surface area contributed by atoms with Crippen LogP contribution in [0.5, 0.6) is 0 Å². The molecule has 0 unspecified atom stereocenters. The monoisotopic (exact) mass is 236 g/mol. The van der Waals surface area contributed by atoms with E-state index >= 15 is 0 Å². The number of hydrogen-bond acceptors (Lipinski definition) is 2. The third-order valence-corrected chi connectivity index (χ3v) is 2.65. The Labute approximate surface area is 84.9 Å².